The number of imidazole rings is 1. The van der Waals surface area contributed by atoms with E-state index in [2.05, 4.69) is 4.98 Å². The van der Waals surface area contributed by atoms with Crippen LogP contribution in [0, 0.1) is 17.6 Å². The number of ether oxygens (including phenoxy) is 3. The van der Waals surface area contributed by atoms with Gasteiger partial charge in [-0.2, -0.15) is 4.98 Å². The van der Waals surface area contributed by atoms with E-state index in [1.807, 2.05) is 37.3 Å². The van der Waals surface area contributed by atoms with Crippen LogP contribution in [-0.2, 0) is 23.2 Å². The number of fused-ring (bicyclic) bond motifs is 1. The van der Waals surface area contributed by atoms with E-state index in [0.717, 1.165) is 37.3 Å². The molecule has 0 saturated heterocycles. The minimum Gasteiger partial charge on any atom is -0.486 e. The van der Waals surface area contributed by atoms with Gasteiger partial charge in [-0.05, 0) is 44.1 Å². The van der Waals surface area contributed by atoms with Crippen LogP contribution in [0.2, 0.25) is 0 Å². The molecule has 8 heteroatoms. The first-order valence-corrected chi connectivity index (χ1v) is 12.1. The summed E-state index contributed by atoms with van der Waals surface area (Å²) in [5, 5.41) is 0. The van der Waals surface area contributed by atoms with Gasteiger partial charge in [0.2, 0.25) is 0 Å². The van der Waals surface area contributed by atoms with Gasteiger partial charge >= 0.3 is 0 Å². The Labute approximate surface area is 204 Å². The number of ketones is 1. The summed E-state index contributed by atoms with van der Waals surface area (Å²) in [4.78, 5) is 15.5. The third-order valence-corrected chi connectivity index (χ3v) is 6.35. The van der Waals surface area contributed by atoms with Crippen LogP contribution in [0.3, 0.4) is 0 Å². The Balaban J connectivity index is 1.39. The zero-order valence-electron chi connectivity index (χ0n) is 20.4. The van der Waals surface area contributed by atoms with Crippen LogP contribution in [0.15, 0.2) is 36.4 Å². The number of aromatic nitrogens is 2. The lowest BCUT2D eigenvalue weighted by molar-refractivity contribution is -0.118. The third-order valence-electron chi connectivity index (χ3n) is 6.35. The molecule has 1 saturated carbocycles. The van der Waals surface area contributed by atoms with Gasteiger partial charge in [-0.15, -0.1) is 0 Å². The lowest BCUT2D eigenvalue weighted by Crippen LogP contribution is -2.30. The Hall–Kier alpha value is -3.00. The molecule has 6 nitrogen and oxygen atoms in total. The van der Waals surface area contributed by atoms with Gasteiger partial charge in [0.05, 0.1) is 6.10 Å². The van der Waals surface area contributed by atoms with E-state index in [1.54, 1.807) is 14.0 Å². The minimum atomic E-state index is -0.668. The third kappa shape index (κ3) is 6.17. The number of hydrogen-bond donors (Lipinski definition) is 0. The molecular weight excluding hydrogens is 454 g/mol. The molecular formula is C27H32F2N2O4. The molecule has 0 radical (unpaired) electrons. The van der Waals surface area contributed by atoms with E-state index in [1.165, 1.54) is 4.57 Å². The number of carbonyl (C=O) groups excluding carboxylic acids is 1. The zero-order valence-corrected chi connectivity index (χ0v) is 20.4. The van der Waals surface area contributed by atoms with Crippen LogP contribution in [0.4, 0.5) is 8.78 Å². The molecule has 0 spiro atoms. The number of Topliss-reactive ketones (excluding diaryl/α,β-unsaturated/α-hetero) is 1. The van der Waals surface area contributed by atoms with Gasteiger partial charge in [0.25, 0.3) is 6.01 Å². The summed E-state index contributed by atoms with van der Waals surface area (Å²) in [6.45, 7) is 4.30. The number of aryl methyl sites for hydroxylation is 1. The molecule has 1 aliphatic carbocycles. The van der Waals surface area contributed by atoms with Crippen molar-refractivity contribution in [3.8, 4) is 11.8 Å². The van der Waals surface area contributed by atoms with Crippen LogP contribution in [-0.4, -0.2) is 34.1 Å². The number of rotatable bonds is 10. The van der Waals surface area contributed by atoms with Crippen molar-refractivity contribution in [3.05, 3.63) is 53.6 Å². The molecule has 1 heterocycles. The van der Waals surface area contributed by atoms with Crippen LogP contribution in [0.1, 0.15) is 51.5 Å². The summed E-state index contributed by atoms with van der Waals surface area (Å²) in [5.41, 5.74) is 0.789. The van der Waals surface area contributed by atoms with Gasteiger partial charge in [-0.1, -0.05) is 37.3 Å². The molecule has 0 unspecified atom stereocenters. The van der Waals surface area contributed by atoms with Crippen LogP contribution < -0.4 is 9.47 Å². The van der Waals surface area contributed by atoms with Crippen LogP contribution in [0.25, 0.3) is 11.0 Å². The van der Waals surface area contributed by atoms with E-state index in [4.69, 9.17) is 14.2 Å². The predicted molar refractivity (Wildman–Crippen MR) is 128 cm³/mol. The Bertz CT molecular complexity index is 1160. The van der Waals surface area contributed by atoms with Gasteiger partial charge in [-0.25, -0.2) is 8.78 Å². The summed E-state index contributed by atoms with van der Waals surface area (Å²) < 4.78 is 49.1. The van der Waals surface area contributed by atoms with Crippen molar-refractivity contribution < 1.29 is 27.8 Å². The van der Waals surface area contributed by atoms with Crippen molar-refractivity contribution in [2.75, 3.05) is 6.61 Å². The second kappa shape index (κ2) is 11.2. The molecule has 1 atom stereocenters. The minimum absolute atomic E-state index is 0.0135. The molecule has 35 heavy (non-hydrogen) atoms. The topological polar surface area (TPSA) is 62.6 Å². The SMILES string of the molecule is CC(=O)C[C@@H](C)COC1CCC(Oc2nc3c(F)cc(OCc4ccccc4)c(F)c3n2C)CC1. The largest absolute Gasteiger partial charge is 0.486 e. The molecule has 0 aliphatic heterocycles. The first kappa shape index (κ1) is 25.1. The standard InChI is InChI=1S/C27H32F2N2O4/c1-17(13-18(2)32)15-33-20-9-11-21(12-10-20)35-27-30-25-22(28)14-23(24(29)26(25)31(27)3)34-16-19-7-5-4-6-8-19/h4-8,14,17,20-21H,9-13,15-16H2,1-3H3/t17-,20?,21?/m1/s1. The number of carbonyl (C=O) groups is 1. The Morgan fingerprint density at radius 3 is 2.51 bits per heavy atom. The quantitative estimate of drug-likeness (QED) is 0.365. The lowest BCUT2D eigenvalue weighted by atomic mass is 9.95. The van der Waals surface area contributed by atoms with Gasteiger partial charge in [0.15, 0.2) is 17.4 Å². The highest BCUT2D eigenvalue weighted by molar-refractivity contribution is 5.80. The molecule has 0 amide bonds. The smallest absolute Gasteiger partial charge is 0.297 e. The van der Waals surface area contributed by atoms with Crippen molar-refractivity contribution in [1.29, 1.82) is 0 Å². The molecule has 2 aromatic carbocycles. The predicted octanol–water partition coefficient (Wildman–Crippen LogP) is 5.75. The fourth-order valence-electron chi connectivity index (χ4n) is 4.52. The fraction of sp³-hybridized carbons (Fsp3) is 0.481. The van der Waals surface area contributed by atoms with Crippen LogP contribution >= 0.6 is 0 Å². The molecule has 0 N–H and O–H groups in total. The highest BCUT2D eigenvalue weighted by atomic mass is 19.1. The van der Waals surface area contributed by atoms with Crippen molar-refractivity contribution in [2.45, 2.75) is 64.8 Å². The highest BCUT2D eigenvalue weighted by Gasteiger charge is 2.27. The average molecular weight is 487 g/mol. The second-order valence-corrected chi connectivity index (χ2v) is 9.46. The summed E-state index contributed by atoms with van der Waals surface area (Å²) >= 11 is 0. The van der Waals surface area contributed by atoms with E-state index < -0.39 is 11.6 Å². The highest BCUT2D eigenvalue weighted by Crippen LogP contribution is 2.33. The normalized spacial score (nSPS) is 19.0. The molecule has 1 aromatic heterocycles. The van der Waals surface area contributed by atoms with E-state index in [0.29, 0.717) is 13.0 Å². The Morgan fingerprint density at radius 1 is 1.14 bits per heavy atom. The summed E-state index contributed by atoms with van der Waals surface area (Å²) in [6, 6.07) is 10.5. The molecule has 0 bridgehead atoms. The van der Waals surface area contributed by atoms with Crippen molar-refractivity contribution in [1.82, 2.24) is 9.55 Å². The van der Waals surface area contributed by atoms with Crippen molar-refractivity contribution in [3.63, 3.8) is 0 Å². The van der Waals surface area contributed by atoms with Crippen molar-refractivity contribution >= 4 is 16.8 Å². The van der Waals surface area contributed by atoms with E-state index >= 15 is 4.39 Å². The number of hydrogen-bond acceptors (Lipinski definition) is 5. The average Bonchev–Trinajstić information content (AvgIpc) is 3.17. The lowest BCUT2D eigenvalue weighted by Gasteiger charge is -2.29. The van der Waals surface area contributed by atoms with Gasteiger partial charge < -0.3 is 19.0 Å². The van der Waals surface area contributed by atoms with E-state index in [-0.39, 0.29) is 53.3 Å². The maximum atomic E-state index is 15.2. The molecule has 1 aliphatic rings. The summed E-state index contributed by atoms with van der Waals surface area (Å²) in [6.07, 6.45) is 3.70. The maximum Gasteiger partial charge on any atom is 0.297 e. The maximum absolute atomic E-state index is 15.2. The van der Waals surface area contributed by atoms with E-state index in [9.17, 15) is 9.18 Å². The fourth-order valence-corrected chi connectivity index (χ4v) is 4.52. The summed E-state index contributed by atoms with van der Waals surface area (Å²) in [5.74, 6) is -1.12. The van der Waals surface area contributed by atoms with Crippen molar-refractivity contribution in [2.24, 2.45) is 13.0 Å². The Morgan fingerprint density at radius 2 is 1.83 bits per heavy atom. The second-order valence-electron chi connectivity index (χ2n) is 9.46. The van der Waals surface area contributed by atoms with Gasteiger partial charge in [0, 0.05) is 26.1 Å². The first-order valence-electron chi connectivity index (χ1n) is 12.1. The molecule has 4 rings (SSSR count). The molecule has 3 aromatic rings. The number of halogens is 2. The van der Waals surface area contributed by atoms with Crippen LogP contribution in [0.5, 0.6) is 11.8 Å². The zero-order chi connectivity index (χ0) is 24.9. The first-order chi connectivity index (χ1) is 16.8. The molecule has 188 valence electrons. The summed E-state index contributed by atoms with van der Waals surface area (Å²) in [7, 11) is 1.61. The number of nitrogens with zero attached hydrogens (tertiary/aromatic N) is 2. The number of benzene rings is 2. The monoisotopic (exact) mass is 486 g/mol. The van der Waals surface area contributed by atoms with Gasteiger partial charge in [-0.3, -0.25) is 4.57 Å². The molecule has 1 fully saturated rings. The Kier molecular flexibility index (Phi) is 8.00. The van der Waals surface area contributed by atoms with Gasteiger partial charge in [0.1, 0.15) is 29.5 Å².